The van der Waals surface area contributed by atoms with E-state index in [1.54, 1.807) is 6.92 Å². The number of hydrogen-bond donors (Lipinski definition) is 0. The van der Waals surface area contributed by atoms with E-state index in [1.807, 2.05) is 0 Å². The van der Waals surface area contributed by atoms with E-state index in [2.05, 4.69) is 9.99 Å². The van der Waals surface area contributed by atoms with Gasteiger partial charge in [-0.15, -0.1) is 0 Å². The minimum absolute atomic E-state index is 0.340. The molecule has 0 saturated heterocycles. The highest BCUT2D eigenvalue weighted by Gasteiger charge is 1.92. The molecular weight excluding hydrogens is 120 g/mol. The fourth-order valence-corrected chi connectivity index (χ4v) is 0.191. The van der Waals surface area contributed by atoms with Crippen LogP contribution in [0.25, 0.3) is 0 Å². The summed E-state index contributed by atoms with van der Waals surface area (Å²) >= 11 is 0. The van der Waals surface area contributed by atoms with Crippen molar-refractivity contribution in [3.8, 4) is 6.07 Å². The van der Waals surface area contributed by atoms with Crippen LogP contribution in [0.5, 0.6) is 0 Å². The second-order valence-corrected chi connectivity index (χ2v) is 1.07. The average Bonchev–Trinajstić information content (AvgIpc) is 1.91. The van der Waals surface area contributed by atoms with Gasteiger partial charge in [0.05, 0.1) is 0 Å². The Morgan fingerprint density at radius 1 is 1.89 bits per heavy atom. The lowest BCUT2D eigenvalue weighted by Crippen LogP contribution is -1.95. The first-order chi connectivity index (χ1) is 4.35. The van der Waals surface area contributed by atoms with Gasteiger partial charge in [-0.1, -0.05) is 5.16 Å². The number of oxime groups is 1. The van der Waals surface area contributed by atoms with Crippen molar-refractivity contribution in [3.05, 3.63) is 0 Å². The maximum absolute atomic E-state index is 9.68. The first-order valence-corrected chi connectivity index (χ1v) is 2.33. The molecule has 0 unspecified atom stereocenters. The summed E-state index contributed by atoms with van der Waals surface area (Å²) in [7, 11) is 0. The van der Waals surface area contributed by atoms with Crippen molar-refractivity contribution in [2.45, 2.75) is 6.92 Å². The summed E-state index contributed by atoms with van der Waals surface area (Å²) in [5, 5.41) is 11.1. The summed E-state index contributed by atoms with van der Waals surface area (Å²) in [5.41, 5.74) is -0.364. The van der Waals surface area contributed by atoms with Crippen LogP contribution in [-0.2, 0) is 9.63 Å². The fraction of sp³-hybridized carbons (Fsp3) is 0.400. The predicted octanol–water partition coefficient (Wildman–Crippen LogP) is 0.0122. The second-order valence-electron chi connectivity index (χ2n) is 1.07. The normalized spacial score (nSPS) is 10.0. The van der Waals surface area contributed by atoms with Gasteiger partial charge in [-0.05, 0) is 6.92 Å². The lowest BCUT2D eigenvalue weighted by molar-refractivity contribution is 0.160. The van der Waals surface area contributed by atoms with E-state index in [4.69, 9.17) is 5.26 Å². The van der Waals surface area contributed by atoms with E-state index in [-0.39, 0.29) is 5.71 Å². The lowest BCUT2D eigenvalue weighted by atomic mass is 10.5. The zero-order valence-electron chi connectivity index (χ0n) is 4.92. The molecule has 0 amide bonds. The Kier molecular flexibility index (Phi) is 4.05. The zero-order valence-corrected chi connectivity index (χ0v) is 4.92. The third-order valence-electron chi connectivity index (χ3n) is 0.488. The monoisotopic (exact) mass is 125 g/mol. The highest BCUT2D eigenvalue weighted by atomic mass is 16.6. The van der Waals surface area contributed by atoms with Crippen LogP contribution in [-0.4, -0.2) is 18.6 Å². The molecule has 0 aliphatic rings. The molecule has 0 aromatic rings. The fourth-order valence-electron chi connectivity index (χ4n) is 0.191. The first-order valence-electron chi connectivity index (χ1n) is 2.33. The molecule has 0 rings (SSSR count). The lowest BCUT2D eigenvalue weighted by Gasteiger charge is -1.87. The van der Waals surface area contributed by atoms with Crippen LogP contribution in [0.15, 0.2) is 5.16 Å². The smallest absolute Gasteiger partial charge is 0.268 e. The Bertz CT molecular complexity index is 157. The van der Waals surface area contributed by atoms with Crippen molar-refractivity contribution in [3.63, 3.8) is 0 Å². The summed E-state index contributed by atoms with van der Waals surface area (Å²) in [6.07, 6.45) is 1.30. The summed E-state index contributed by atoms with van der Waals surface area (Å²) < 4.78 is 0. The van der Waals surface area contributed by atoms with Gasteiger partial charge in [-0.2, -0.15) is 5.26 Å². The topological polar surface area (TPSA) is 62.4 Å². The van der Waals surface area contributed by atoms with Gasteiger partial charge in [0.25, 0.3) is 6.29 Å². The van der Waals surface area contributed by atoms with Gasteiger partial charge in [-0.3, -0.25) is 4.79 Å². The number of hydrogen-bond acceptors (Lipinski definition) is 4. The van der Waals surface area contributed by atoms with Crippen LogP contribution in [0.4, 0.5) is 0 Å². The molecule has 0 saturated carbocycles. The van der Waals surface area contributed by atoms with Crippen LogP contribution in [0, 0.1) is 11.3 Å². The van der Waals surface area contributed by atoms with Crippen molar-refractivity contribution in [1.82, 2.24) is 0 Å². The minimum atomic E-state index is -0.364. The highest BCUT2D eigenvalue weighted by molar-refractivity contribution is 6.35. The van der Waals surface area contributed by atoms with E-state index in [0.717, 1.165) is 0 Å². The standard InChI is InChI=1S/C5H5N2O2/c1-2-9-7-5(3-6)4-8/h2H2,1H3. The summed E-state index contributed by atoms with van der Waals surface area (Å²) in [5.74, 6) is 0. The molecule has 0 heterocycles. The molecule has 4 nitrogen and oxygen atoms in total. The molecule has 0 fully saturated rings. The van der Waals surface area contributed by atoms with Crippen molar-refractivity contribution < 1.29 is 9.63 Å². The maximum atomic E-state index is 9.68. The van der Waals surface area contributed by atoms with E-state index in [1.165, 1.54) is 12.4 Å². The van der Waals surface area contributed by atoms with Crippen LogP contribution in [0.1, 0.15) is 6.92 Å². The molecule has 0 aliphatic heterocycles. The molecule has 4 heteroatoms. The number of carbonyl (C=O) groups excluding carboxylic acids is 1. The van der Waals surface area contributed by atoms with Crippen LogP contribution in [0.3, 0.4) is 0 Å². The molecular formula is C5H5N2O2. The molecule has 1 radical (unpaired) electrons. The van der Waals surface area contributed by atoms with Crippen LogP contribution >= 0.6 is 0 Å². The molecule has 0 aromatic heterocycles. The van der Waals surface area contributed by atoms with Gasteiger partial charge in [0.15, 0.2) is 0 Å². The van der Waals surface area contributed by atoms with Gasteiger partial charge in [-0.25, -0.2) is 0 Å². The van der Waals surface area contributed by atoms with E-state index in [9.17, 15) is 4.79 Å². The zero-order chi connectivity index (χ0) is 7.11. The Morgan fingerprint density at radius 2 is 2.56 bits per heavy atom. The third kappa shape index (κ3) is 3.23. The Labute approximate surface area is 52.7 Å². The van der Waals surface area contributed by atoms with Gasteiger partial charge in [0.2, 0.25) is 5.71 Å². The summed E-state index contributed by atoms with van der Waals surface area (Å²) in [6.45, 7) is 2.04. The molecule has 47 valence electrons. The average molecular weight is 125 g/mol. The van der Waals surface area contributed by atoms with Gasteiger partial charge in [0, 0.05) is 0 Å². The number of nitrogens with zero attached hydrogens (tertiary/aromatic N) is 2. The Balaban J connectivity index is 3.80. The van der Waals surface area contributed by atoms with Crippen molar-refractivity contribution in [2.75, 3.05) is 6.61 Å². The Hall–Kier alpha value is -1.37. The minimum Gasteiger partial charge on any atom is -0.395 e. The molecule has 0 aromatic carbocycles. The summed E-state index contributed by atoms with van der Waals surface area (Å²) in [6, 6.07) is 1.49. The molecule has 0 spiro atoms. The SMILES string of the molecule is CCON=C([C]=O)C#N. The van der Waals surface area contributed by atoms with E-state index >= 15 is 0 Å². The van der Waals surface area contributed by atoms with Crippen molar-refractivity contribution in [2.24, 2.45) is 5.16 Å². The van der Waals surface area contributed by atoms with Gasteiger partial charge >= 0.3 is 0 Å². The molecule has 0 atom stereocenters. The van der Waals surface area contributed by atoms with Crippen molar-refractivity contribution in [1.29, 1.82) is 5.26 Å². The van der Waals surface area contributed by atoms with Crippen LogP contribution in [0.2, 0.25) is 0 Å². The largest absolute Gasteiger partial charge is 0.395 e. The molecule has 9 heavy (non-hydrogen) atoms. The molecule has 0 aliphatic carbocycles. The molecule has 0 bridgehead atoms. The number of rotatable bonds is 3. The maximum Gasteiger partial charge on any atom is 0.268 e. The second kappa shape index (κ2) is 4.78. The van der Waals surface area contributed by atoms with Crippen LogP contribution < -0.4 is 0 Å². The van der Waals surface area contributed by atoms with Crippen molar-refractivity contribution >= 4 is 12.0 Å². The molecule has 0 N–H and O–H groups in total. The van der Waals surface area contributed by atoms with E-state index in [0.29, 0.717) is 6.61 Å². The van der Waals surface area contributed by atoms with Gasteiger partial charge < -0.3 is 4.84 Å². The quantitative estimate of drug-likeness (QED) is 0.394. The third-order valence-corrected chi connectivity index (χ3v) is 0.488. The first kappa shape index (κ1) is 7.63. The highest BCUT2D eigenvalue weighted by Crippen LogP contribution is 1.75. The van der Waals surface area contributed by atoms with E-state index < -0.39 is 0 Å². The van der Waals surface area contributed by atoms with Gasteiger partial charge in [0.1, 0.15) is 12.7 Å². The predicted molar refractivity (Wildman–Crippen MR) is 30.4 cm³/mol. The summed E-state index contributed by atoms with van der Waals surface area (Å²) in [4.78, 5) is 14.1. The number of nitriles is 1. The Morgan fingerprint density at radius 3 is 2.89 bits per heavy atom.